The lowest BCUT2D eigenvalue weighted by atomic mass is 9.96. The Hall–Kier alpha value is -2.70. The molecule has 3 aromatic rings. The molecule has 1 fully saturated rings. The number of anilines is 1. The molecular formula is C22H20ClN3O2S. The Labute approximate surface area is 178 Å². The molecule has 4 rings (SSSR count). The number of carbonyl (C=O) groups is 2. The Bertz CT molecular complexity index is 988. The molecule has 7 heteroatoms. The van der Waals surface area contributed by atoms with Gasteiger partial charge in [-0.25, -0.2) is 4.98 Å². The number of hydrogen-bond donors (Lipinski definition) is 1. The van der Waals surface area contributed by atoms with Crippen molar-refractivity contribution in [2.24, 2.45) is 5.92 Å². The van der Waals surface area contributed by atoms with Gasteiger partial charge in [-0.3, -0.25) is 9.59 Å². The van der Waals surface area contributed by atoms with Crippen LogP contribution in [0.5, 0.6) is 0 Å². The zero-order valence-corrected chi connectivity index (χ0v) is 17.2. The molecule has 5 nitrogen and oxygen atoms in total. The Morgan fingerprint density at radius 1 is 1.10 bits per heavy atom. The molecule has 1 N–H and O–H groups in total. The van der Waals surface area contributed by atoms with Crippen molar-refractivity contribution in [1.82, 2.24) is 9.88 Å². The quantitative estimate of drug-likeness (QED) is 0.643. The van der Waals surface area contributed by atoms with Gasteiger partial charge in [-0.05, 0) is 61.4 Å². The van der Waals surface area contributed by atoms with Crippen molar-refractivity contribution in [3.8, 4) is 10.6 Å². The van der Waals surface area contributed by atoms with Crippen molar-refractivity contribution in [3.05, 3.63) is 70.7 Å². The van der Waals surface area contributed by atoms with E-state index in [-0.39, 0.29) is 17.7 Å². The molecule has 0 saturated carbocycles. The number of thiazole rings is 1. The average molecular weight is 426 g/mol. The van der Waals surface area contributed by atoms with Crippen molar-refractivity contribution >= 4 is 40.4 Å². The van der Waals surface area contributed by atoms with E-state index in [0.29, 0.717) is 23.7 Å². The maximum absolute atomic E-state index is 12.8. The molecule has 2 heterocycles. The fourth-order valence-corrected chi connectivity index (χ4v) is 4.23. The SMILES string of the molecule is O=C(Nc1ccc(-c2nccs2)cc1)[C@H]1CCCN(C(=O)c2ccc(Cl)cc2)C1. The molecule has 2 aromatic carbocycles. The first kappa shape index (κ1) is 19.6. The minimum atomic E-state index is -0.223. The molecule has 1 aliphatic rings. The van der Waals surface area contributed by atoms with Crippen molar-refractivity contribution in [2.75, 3.05) is 18.4 Å². The third-order valence-electron chi connectivity index (χ3n) is 5.00. The summed E-state index contributed by atoms with van der Waals surface area (Å²) in [7, 11) is 0. The Morgan fingerprint density at radius 3 is 2.55 bits per heavy atom. The molecule has 1 aromatic heterocycles. The van der Waals surface area contributed by atoms with Crippen LogP contribution in [0.2, 0.25) is 5.02 Å². The highest BCUT2D eigenvalue weighted by Gasteiger charge is 2.29. The number of halogens is 1. The predicted molar refractivity (Wildman–Crippen MR) is 116 cm³/mol. The monoisotopic (exact) mass is 425 g/mol. The summed E-state index contributed by atoms with van der Waals surface area (Å²) < 4.78 is 0. The van der Waals surface area contributed by atoms with E-state index < -0.39 is 0 Å². The molecule has 148 valence electrons. The van der Waals surface area contributed by atoms with Gasteiger partial charge in [0.1, 0.15) is 5.01 Å². The van der Waals surface area contributed by atoms with E-state index in [0.717, 1.165) is 29.1 Å². The number of benzene rings is 2. The molecule has 1 aliphatic heterocycles. The van der Waals surface area contributed by atoms with Crippen molar-refractivity contribution < 1.29 is 9.59 Å². The van der Waals surface area contributed by atoms with Gasteiger partial charge in [0, 0.05) is 46.5 Å². The molecule has 1 saturated heterocycles. The summed E-state index contributed by atoms with van der Waals surface area (Å²) in [6.07, 6.45) is 3.35. The highest BCUT2D eigenvalue weighted by molar-refractivity contribution is 7.13. The number of likely N-dealkylation sites (tertiary alicyclic amines) is 1. The summed E-state index contributed by atoms with van der Waals surface area (Å²) >= 11 is 7.48. The summed E-state index contributed by atoms with van der Waals surface area (Å²) in [6.45, 7) is 1.08. The van der Waals surface area contributed by atoms with Gasteiger partial charge in [-0.1, -0.05) is 11.6 Å². The summed E-state index contributed by atoms with van der Waals surface area (Å²) in [5.41, 5.74) is 2.36. The first-order chi connectivity index (χ1) is 14.1. The van der Waals surface area contributed by atoms with Crippen LogP contribution >= 0.6 is 22.9 Å². The summed E-state index contributed by atoms with van der Waals surface area (Å²) in [6, 6.07) is 14.5. The summed E-state index contributed by atoms with van der Waals surface area (Å²) in [5, 5.41) is 6.46. The second-order valence-corrected chi connectivity index (χ2v) is 8.33. The van der Waals surface area contributed by atoms with E-state index in [1.807, 2.05) is 29.6 Å². The molecule has 0 radical (unpaired) electrons. The van der Waals surface area contributed by atoms with Gasteiger partial charge in [0.25, 0.3) is 5.91 Å². The lowest BCUT2D eigenvalue weighted by molar-refractivity contribution is -0.121. The van der Waals surface area contributed by atoms with Crippen LogP contribution in [0.3, 0.4) is 0 Å². The van der Waals surface area contributed by atoms with E-state index in [9.17, 15) is 9.59 Å². The maximum Gasteiger partial charge on any atom is 0.253 e. The second kappa shape index (κ2) is 8.76. The maximum atomic E-state index is 12.8. The van der Waals surface area contributed by atoms with Gasteiger partial charge >= 0.3 is 0 Å². The van der Waals surface area contributed by atoms with Gasteiger partial charge in [0.15, 0.2) is 0 Å². The Kier molecular flexibility index (Phi) is 5.92. The van der Waals surface area contributed by atoms with Crippen molar-refractivity contribution in [2.45, 2.75) is 12.8 Å². The zero-order chi connectivity index (χ0) is 20.2. The highest BCUT2D eigenvalue weighted by Crippen LogP contribution is 2.25. The van der Waals surface area contributed by atoms with Crippen LogP contribution in [0.15, 0.2) is 60.1 Å². The first-order valence-electron chi connectivity index (χ1n) is 9.46. The number of nitrogens with zero attached hydrogens (tertiary/aromatic N) is 2. The average Bonchev–Trinajstić information content (AvgIpc) is 3.29. The lowest BCUT2D eigenvalue weighted by Crippen LogP contribution is -2.43. The molecule has 2 amide bonds. The third-order valence-corrected chi connectivity index (χ3v) is 6.08. The van der Waals surface area contributed by atoms with Crippen LogP contribution in [0.4, 0.5) is 5.69 Å². The van der Waals surface area contributed by atoms with Crippen LogP contribution in [-0.2, 0) is 4.79 Å². The molecule has 29 heavy (non-hydrogen) atoms. The van der Waals surface area contributed by atoms with Gasteiger partial charge in [0.2, 0.25) is 5.91 Å². The summed E-state index contributed by atoms with van der Waals surface area (Å²) in [4.78, 5) is 31.5. The smallest absolute Gasteiger partial charge is 0.253 e. The number of carbonyl (C=O) groups excluding carboxylic acids is 2. The van der Waals surface area contributed by atoms with E-state index in [2.05, 4.69) is 10.3 Å². The predicted octanol–water partition coefficient (Wildman–Crippen LogP) is 4.95. The lowest BCUT2D eigenvalue weighted by Gasteiger charge is -2.32. The minimum Gasteiger partial charge on any atom is -0.338 e. The number of rotatable bonds is 4. The van der Waals surface area contributed by atoms with Gasteiger partial charge in [-0.2, -0.15) is 0 Å². The molecule has 0 aliphatic carbocycles. The number of nitrogens with one attached hydrogen (secondary N) is 1. The van der Waals surface area contributed by atoms with E-state index >= 15 is 0 Å². The van der Waals surface area contributed by atoms with Gasteiger partial charge < -0.3 is 10.2 Å². The number of aromatic nitrogens is 1. The summed E-state index contributed by atoms with van der Waals surface area (Å²) in [5.74, 6) is -0.341. The fourth-order valence-electron chi connectivity index (χ4n) is 3.46. The van der Waals surface area contributed by atoms with Crippen molar-refractivity contribution in [1.29, 1.82) is 0 Å². The van der Waals surface area contributed by atoms with Gasteiger partial charge in [0.05, 0.1) is 5.92 Å². The topological polar surface area (TPSA) is 62.3 Å². The van der Waals surface area contributed by atoms with Crippen LogP contribution in [0.25, 0.3) is 10.6 Å². The Morgan fingerprint density at radius 2 is 1.86 bits per heavy atom. The molecule has 0 unspecified atom stereocenters. The van der Waals surface area contributed by atoms with Crippen LogP contribution in [0, 0.1) is 5.92 Å². The standard InChI is InChI=1S/C22H20ClN3O2S/c23-18-7-3-16(4-8-18)22(28)26-12-1-2-17(14-26)20(27)25-19-9-5-15(6-10-19)21-24-11-13-29-21/h3-11,13,17H,1-2,12,14H2,(H,25,27)/t17-/m0/s1. The largest absolute Gasteiger partial charge is 0.338 e. The van der Waals surface area contributed by atoms with E-state index in [1.54, 1.807) is 46.7 Å². The van der Waals surface area contributed by atoms with Crippen molar-refractivity contribution in [3.63, 3.8) is 0 Å². The number of hydrogen-bond acceptors (Lipinski definition) is 4. The molecule has 0 bridgehead atoms. The van der Waals surface area contributed by atoms with Gasteiger partial charge in [-0.15, -0.1) is 11.3 Å². The normalized spacial score (nSPS) is 16.4. The Balaban J connectivity index is 1.38. The molecule has 1 atom stereocenters. The zero-order valence-electron chi connectivity index (χ0n) is 15.7. The first-order valence-corrected chi connectivity index (χ1v) is 10.7. The minimum absolute atomic E-state index is 0.0550. The second-order valence-electron chi connectivity index (χ2n) is 7.00. The van der Waals surface area contributed by atoms with E-state index in [1.165, 1.54) is 0 Å². The van der Waals surface area contributed by atoms with E-state index in [4.69, 9.17) is 11.6 Å². The molecule has 0 spiro atoms. The fraction of sp³-hybridized carbons (Fsp3) is 0.227. The highest BCUT2D eigenvalue weighted by atomic mass is 35.5. The molecular weight excluding hydrogens is 406 g/mol. The number of piperidine rings is 1. The number of amides is 2. The third kappa shape index (κ3) is 4.66. The van der Waals surface area contributed by atoms with Crippen LogP contribution < -0.4 is 5.32 Å². The van der Waals surface area contributed by atoms with Crippen LogP contribution in [-0.4, -0.2) is 34.8 Å². The van der Waals surface area contributed by atoms with Crippen LogP contribution in [0.1, 0.15) is 23.2 Å².